The number of aromatic amines is 1. The van der Waals surface area contributed by atoms with Crippen molar-refractivity contribution in [3.8, 4) is 11.1 Å². The van der Waals surface area contributed by atoms with Gasteiger partial charge in [-0.15, -0.1) is 0 Å². The van der Waals surface area contributed by atoms with E-state index >= 15 is 0 Å². The van der Waals surface area contributed by atoms with E-state index in [9.17, 15) is 4.79 Å². The van der Waals surface area contributed by atoms with Gasteiger partial charge in [0.25, 0.3) is 0 Å². The van der Waals surface area contributed by atoms with Gasteiger partial charge in [0.15, 0.2) is 0 Å². The van der Waals surface area contributed by atoms with Gasteiger partial charge >= 0.3 is 0 Å². The summed E-state index contributed by atoms with van der Waals surface area (Å²) in [5.41, 5.74) is 4.74. The van der Waals surface area contributed by atoms with Crippen molar-refractivity contribution in [1.29, 1.82) is 0 Å². The molecule has 1 aliphatic heterocycles. The van der Waals surface area contributed by atoms with E-state index in [4.69, 9.17) is 0 Å². The Morgan fingerprint density at radius 1 is 1.13 bits per heavy atom. The van der Waals surface area contributed by atoms with Crippen molar-refractivity contribution in [2.24, 2.45) is 5.92 Å². The number of H-pyrrole nitrogens is 1. The van der Waals surface area contributed by atoms with Crippen molar-refractivity contribution >= 4 is 16.8 Å². The van der Waals surface area contributed by atoms with Crippen LogP contribution in [-0.2, 0) is 17.8 Å². The van der Waals surface area contributed by atoms with E-state index < -0.39 is 0 Å². The highest BCUT2D eigenvalue weighted by Crippen LogP contribution is 2.29. The average molecular weight is 413 g/mol. The van der Waals surface area contributed by atoms with Crippen LogP contribution in [0.2, 0.25) is 0 Å². The van der Waals surface area contributed by atoms with Gasteiger partial charge in [-0.1, -0.05) is 36.4 Å². The Labute approximate surface area is 182 Å². The van der Waals surface area contributed by atoms with Crippen LogP contribution in [0, 0.1) is 5.92 Å². The fourth-order valence-electron chi connectivity index (χ4n) is 4.89. The lowest BCUT2D eigenvalue weighted by molar-refractivity contribution is -0.131. The largest absolute Gasteiger partial charge is 0.347 e. The quantitative estimate of drug-likeness (QED) is 0.490. The van der Waals surface area contributed by atoms with Crippen molar-refractivity contribution in [2.75, 3.05) is 6.54 Å². The second-order valence-corrected chi connectivity index (χ2v) is 8.71. The average Bonchev–Trinajstić information content (AvgIpc) is 3.53. The van der Waals surface area contributed by atoms with Gasteiger partial charge < -0.3 is 9.47 Å². The number of carbonyl (C=O) groups excluding carboxylic acids is 1. The summed E-state index contributed by atoms with van der Waals surface area (Å²) < 4.78 is 2.34. The zero-order valence-corrected chi connectivity index (χ0v) is 17.9. The van der Waals surface area contributed by atoms with Gasteiger partial charge in [-0.05, 0) is 55.0 Å². The highest BCUT2D eigenvalue weighted by molar-refractivity contribution is 5.85. The number of hydrogen-bond acceptors (Lipinski definition) is 2. The van der Waals surface area contributed by atoms with Crippen molar-refractivity contribution in [3.05, 3.63) is 78.8 Å². The second kappa shape index (κ2) is 8.42. The Hall–Kier alpha value is -3.34. The summed E-state index contributed by atoms with van der Waals surface area (Å²) in [4.78, 5) is 14.9. The summed E-state index contributed by atoms with van der Waals surface area (Å²) in [5.74, 6) is 0.765. The highest BCUT2D eigenvalue weighted by atomic mass is 16.2. The van der Waals surface area contributed by atoms with E-state index in [1.165, 1.54) is 22.0 Å². The molecule has 2 aromatic heterocycles. The first-order valence-corrected chi connectivity index (χ1v) is 11.1. The SMILES string of the molecule is CC1CC(Cn2ccc3cc(-c4cn[nH]c4)ccc32)CN1C(=O)CCc1ccccc1. The summed E-state index contributed by atoms with van der Waals surface area (Å²) in [5, 5.41) is 8.16. The Bertz CT molecular complexity index is 1160. The molecule has 1 saturated heterocycles. The number of nitrogens with zero attached hydrogens (tertiary/aromatic N) is 3. The van der Waals surface area contributed by atoms with Crippen LogP contribution in [0.15, 0.2) is 73.2 Å². The maximum absolute atomic E-state index is 12.9. The van der Waals surface area contributed by atoms with E-state index in [1.54, 1.807) is 0 Å². The summed E-state index contributed by atoms with van der Waals surface area (Å²) in [6.45, 7) is 3.98. The Morgan fingerprint density at radius 2 is 2.00 bits per heavy atom. The van der Waals surface area contributed by atoms with E-state index in [2.05, 4.69) is 69.2 Å². The lowest BCUT2D eigenvalue weighted by Gasteiger charge is -2.21. The summed E-state index contributed by atoms with van der Waals surface area (Å²) in [7, 11) is 0. The highest BCUT2D eigenvalue weighted by Gasteiger charge is 2.32. The van der Waals surface area contributed by atoms with Gasteiger partial charge in [0.1, 0.15) is 0 Å². The first kappa shape index (κ1) is 19.6. The number of aromatic nitrogens is 3. The minimum atomic E-state index is 0.279. The molecule has 0 bridgehead atoms. The fraction of sp³-hybridized carbons (Fsp3) is 0.308. The summed E-state index contributed by atoms with van der Waals surface area (Å²) in [6, 6.07) is 19.3. The molecule has 0 saturated carbocycles. The predicted molar refractivity (Wildman–Crippen MR) is 124 cm³/mol. The van der Waals surface area contributed by atoms with Gasteiger partial charge in [-0.2, -0.15) is 5.10 Å². The molecule has 1 amide bonds. The van der Waals surface area contributed by atoms with Crippen LogP contribution in [0.25, 0.3) is 22.0 Å². The minimum Gasteiger partial charge on any atom is -0.347 e. The molecule has 5 heteroatoms. The number of carbonyl (C=O) groups is 1. The molecule has 31 heavy (non-hydrogen) atoms. The first-order valence-electron chi connectivity index (χ1n) is 11.1. The number of aryl methyl sites for hydroxylation is 1. The molecule has 2 unspecified atom stereocenters. The molecule has 5 rings (SSSR count). The molecule has 3 heterocycles. The van der Waals surface area contributed by atoms with Gasteiger partial charge in [-0.3, -0.25) is 9.89 Å². The number of amides is 1. The molecule has 158 valence electrons. The lowest BCUT2D eigenvalue weighted by Crippen LogP contribution is -2.34. The van der Waals surface area contributed by atoms with Gasteiger partial charge in [0.2, 0.25) is 5.91 Å². The first-order chi connectivity index (χ1) is 15.2. The zero-order chi connectivity index (χ0) is 21.2. The molecule has 2 aromatic carbocycles. The molecular formula is C26H28N4O. The maximum atomic E-state index is 12.9. The molecule has 5 nitrogen and oxygen atoms in total. The van der Waals surface area contributed by atoms with Crippen LogP contribution in [0.3, 0.4) is 0 Å². The van der Waals surface area contributed by atoms with E-state index in [-0.39, 0.29) is 5.91 Å². The van der Waals surface area contributed by atoms with Crippen molar-refractivity contribution in [3.63, 3.8) is 0 Å². The number of rotatable bonds is 6. The van der Waals surface area contributed by atoms with E-state index in [0.717, 1.165) is 31.5 Å². The smallest absolute Gasteiger partial charge is 0.223 e. The van der Waals surface area contributed by atoms with Crippen molar-refractivity contribution in [2.45, 2.75) is 38.8 Å². The lowest BCUT2D eigenvalue weighted by atomic mass is 10.1. The van der Waals surface area contributed by atoms with Crippen LogP contribution >= 0.6 is 0 Å². The topological polar surface area (TPSA) is 53.9 Å². The van der Waals surface area contributed by atoms with E-state index in [1.807, 2.05) is 30.6 Å². The number of likely N-dealkylation sites (tertiary alicyclic amines) is 1. The molecule has 0 aliphatic carbocycles. The summed E-state index contributed by atoms with van der Waals surface area (Å²) >= 11 is 0. The molecular weight excluding hydrogens is 384 g/mol. The fourth-order valence-corrected chi connectivity index (χ4v) is 4.89. The third kappa shape index (κ3) is 4.13. The summed E-state index contributed by atoms with van der Waals surface area (Å²) in [6.07, 6.45) is 8.40. The monoisotopic (exact) mass is 412 g/mol. The van der Waals surface area contributed by atoms with Crippen molar-refractivity contribution < 1.29 is 4.79 Å². The third-order valence-corrected chi connectivity index (χ3v) is 6.51. The van der Waals surface area contributed by atoms with Crippen LogP contribution in [0.5, 0.6) is 0 Å². The standard InChI is InChI=1S/C26H28N4O/c1-19-13-21(18-30(19)26(31)10-7-20-5-3-2-4-6-20)17-29-12-11-23-14-22(8-9-25(23)29)24-15-27-28-16-24/h2-6,8-9,11-12,14-16,19,21H,7,10,13,17-18H2,1H3,(H,27,28). The molecule has 4 aromatic rings. The van der Waals surface area contributed by atoms with Gasteiger partial charge in [-0.25, -0.2) is 0 Å². The number of fused-ring (bicyclic) bond motifs is 1. The molecule has 1 fully saturated rings. The second-order valence-electron chi connectivity index (χ2n) is 8.71. The van der Waals surface area contributed by atoms with Gasteiger partial charge in [0.05, 0.1) is 6.20 Å². The van der Waals surface area contributed by atoms with Crippen LogP contribution in [-0.4, -0.2) is 38.2 Å². The minimum absolute atomic E-state index is 0.279. The number of hydrogen-bond donors (Lipinski definition) is 1. The number of benzene rings is 2. The van der Waals surface area contributed by atoms with Gasteiger partial charge in [0, 0.05) is 54.4 Å². The van der Waals surface area contributed by atoms with Crippen LogP contribution in [0.1, 0.15) is 25.3 Å². The number of nitrogens with one attached hydrogen (secondary N) is 1. The third-order valence-electron chi connectivity index (χ3n) is 6.51. The molecule has 0 radical (unpaired) electrons. The molecule has 1 aliphatic rings. The maximum Gasteiger partial charge on any atom is 0.223 e. The molecule has 1 N–H and O–H groups in total. The van der Waals surface area contributed by atoms with Crippen molar-refractivity contribution in [1.82, 2.24) is 19.7 Å². The molecule has 2 atom stereocenters. The van der Waals surface area contributed by atoms with E-state index in [0.29, 0.717) is 18.4 Å². The zero-order valence-electron chi connectivity index (χ0n) is 17.9. The Kier molecular flexibility index (Phi) is 5.33. The Morgan fingerprint density at radius 3 is 2.81 bits per heavy atom. The Balaban J connectivity index is 1.23. The van der Waals surface area contributed by atoms with Crippen LogP contribution in [0.4, 0.5) is 0 Å². The molecule has 0 spiro atoms. The van der Waals surface area contributed by atoms with Crippen LogP contribution < -0.4 is 0 Å². The predicted octanol–water partition coefficient (Wildman–Crippen LogP) is 4.90. The normalized spacial score (nSPS) is 18.7.